The number of carbonyl (C=O) groups is 1. The molecule has 6 heteroatoms. The lowest BCUT2D eigenvalue weighted by Gasteiger charge is -2.31. The second kappa shape index (κ2) is 7.24. The van der Waals surface area contributed by atoms with Gasteiger partial charge in [-0.15, -0.1) is 0 Å². The van der Waals surface area contributed by atoms with Gasteiger partial charge >= 0.3 is 0 Å². The number of hydrogen-bond acceptors (Lipinski definition) is 3. The maximum Gasteiger partial charge on any atom is 0.224 e. The summed E-state index contributed by atoms with van der Waals surface area (Å²) >= 11 is 0. The van der Waals surface area contributed by atoms with Gasteiger partial charge in [0.05, 0.1) is 18.2 Å². The van der Waals surface area contributed by atoms with E-state index in [9.17, 15) is 13.2 Å². The Morgan fingerprint density at radius 2 is 2.05 bits per heavy atom. The lowest BCUT2D eigenvalue weighted by molar-refractivity contribution is -0.126. The van der Waals surface area contributed by atoms with E-state index in [1.54, 1.807) is 0 Å². The van der Waals surface area contributed by atoms with Crippen LogP contribution in [0.4, 0.5) is 0 Å². The Bertz CT molecular complexity index is 601. The van der Waals surface area contributed by atoms with Crippen LogP contribution in [0.15, 0.2) is 30.3 Å². The van der Waals surface area contributed by atoms with Crippen molar-refractivity contribution in [2.75, 3.05) is 19.3 Å². The predicted octanol–water partition coefficient (Wildman–Crippen LogP) is 1.93. The zero-order chi connectivity index (χ0) is 16.2. The van der Waals surface area contributed by atoms with Crippen LogP contribution in [-0.2, 0) is 14.8 Å². The third-order valence-electron chi connectivity index (χ3n) is 4.15. The Labute approximate surface area is 132 Å². The molecule has 0 spiro atoms. The van der Waals surface area contributed by atoms with Crippen LogP contribution < -0.4 is 5.32 Å². The second-order valence-corrected chi connectivity index (χ2v) is 7.82. The highest BCUT2D eigenvalue weighted by atomic mass is 32.2. The topological polar surface area (TPSA) is 66.5 Å². The molecule has 1 fully saturated rings. The Balaban J connectivity index is 2.02. The Morgan fingerprint density at radius 1 is 1.36 bits per heavy atom. The van der Waals surface area contributed by atoms with Crippen LogP contribution in [0.3, 0.4) is 0 Å². The van der Waals surface area contributed by atoms with Crippen LogP contribution in [-0.4, -0.2) is 38.0 Å². The zero-order valence-electron chi connectivity index (χ0n) is 13.2. The highest BCUT2D eigenvalue weighted by molar-refractivity contribution is 7.88. The predicted molar refractivity (Wildman–Crippen MR) is 86.8 cm³/mol. The van der Waals surface area contributed by atoms with E-state index in [1.807, 2.05) is 37.3 Å². The molecular formula is C16H24N2O3S. The van der Waals surface area contributed by atoms with Gasteiger partial charge < -0.3 is 5.32 Å². The average molecular weight is 324 g/mol. The number of rotatable bonds is 5. The molecule has 5 nitrogen and oxygen atoms in total. The lowest BCUT2D eigenvalue weighted by Crippen LogP contribution is -2.45. The molecule has 1 aliphatic rings. The lowest BCUT2D eigenvalue weighted by atomic mass is 9.97. The number of benzene rings is 1. The smallest absolute Gasteiger partial charge is 0.224 e. The van der Waals surface area contributed by atoms with Crippen molar-refractivity contribution < 1.29 is 13.2 Å². The van der Waals surface area contributed by atoms with Crippen LogP contribution in [0, 0.1) is 5.92 Å². The van der Waals surface area contributed by atoms with E-state index in [4.69, 9.17) is 0 Å². The summed E-state index contributed by atoms with van der Waals surface area (Å²) in [5, 5.41) is 3.06. The van der Waals surface area contributed by atoms with Crippen molar-refractivity contribution in [1.82, 2.24) is 9.62 Å². The SMILES string of the molecule is CC[C@H](NC(=O)[C@H]1CCCN(S(C)(=O)=O)C1)c1ccccc1. The molecule has 0 radical (unpaired) electrons. The first-order chi connectivity index (χ1) is 10.4. The molecule has 2 atom stereocenters. The fraction of sp³-hybridized carbons (Fsp3) is 0.562. The van der Waals surface area contributed by atoms with E-state index in [2.05, 4.69) is 5.32 Å². The normalized spacial score (nSPS) is 21.3. The van der Waals surface area contributed by atoms with Crippen molar-refractivity contribution in [3.63, 3.8) is 0 Å². The van der Waals surface area contributed by atoms with Crippen molar-refractivity contribution in [2.24, 2.45) is 5.92 Å². The van der Waals surface area contributed by atoms with Gasteiger partial charge in [-0.3, -0.25) is 4.79 Å². The van der Waals surface area contributed by atoms with E-state index < -0.39 is 10.0 Å². The van der Waals surface area contributed by atoms with Gasteiger partial charge in [0.15, 0.2) is 0 Å². The highest BCUT2D eigenvalue weighted by Gasteiger charge is 2.30. The third-order valence-corrected chi connectivity index (χ3v) is 5.42. The van der Waals surface area contributed by atoms with E-state index in [-0.39, 0.29) is 24.4 Å². The maximum absolute atomic E-state index is 12.5. The largest absolute Gasteiger partial charge is 0.349 e. The summed E-state index contributed by atoms with van der Waals surface area (Å²) in [5.74, 6) is -0.315. The molecule has 1 N–H and O–H groups in total. The number of piperidine rings is 1. The molecule has 0 unspecified atom stereocenters. The van der Waals surface area contributed by atoms with E-state index in [0.29, 0.717) is 6.54 Å². The van der Waals surface area contributed by atoms with Crippen molar-refractivity contribution in [1.29, 1.82) is 0 Å². The van der Waals surface area contributed by atoms with Gasteiger partial charge in [-0.2, -0.15) is 0 Å². The van der Waals surface area contributed by atoms with Crippen molar-refractivity contribution in [3.8, 4) is 0 Å². The molecule has 122 valence electrons. The summed E-state index contributed by atoms with van der Waals surface area (Å²) in [4.78, 5) is 12.5. The van der Waals surface area contributed by atoms with E-state index in [1.165, 1.54) is 10.6 Å². The quantitative estimate of drug-likeness (QED) is 0.900. The van der Waals surface area contributed by atoms with E-state index >= 15 is 0 Å². The van der Waals surface area contributed by atoms with Crippen molar-refractivity contribution in [3.05, 3.63) is 35.9 Å². The fourth-order valence-electron chi connectivity index (χ4n) is 2.85. The number of nitrogens with one attached hydrogen (secondary N) is 1. The average Bonchev–Trinajstić information content (AvgIpc) is 2.52. The first-order valence-electron chi connectivity index (χ1n) is 7.72. The molecule has 1 saturated heterocycles. The monoisotopic (exact) mass is 324 g/mol. The summed E-state index contributed by atoms with van der Waals surface area (Å²) in [6, 6.07) is 9.83. The number of hydrogen-bond donors (Lipinski definition) is 1. The first-order valence-corrected chi connectivity index (χ1v) is 9.57. The maximum atomic E-state index is 12.5. The minimum Gasteiger partial charge on any atom is -0.349 e. The van der Waals surface area contributed by atoms with Crippen molar-refractivity contribution in [2.45, 2.75) is 32.2 Å². The molecule has 1 aromatic carbocycles. The van der Waals surface area contributed by atoms with Gasteiger partial charge in [0.1, 0.15) is 0 Å². The first kappa shape index (κ1) is 17.0. The number of nitrogens with zero attached hydrogens (tertiary/aromatic N) is 1. The molecule has 0 saturated carbocycles. The number of carbonyl (C=O) groups excluding carboxylic acids is 1. The molecule has 1 aromatic rings. The van der Waals surface area contributed by atoms with E-state index in [0.717, 1.165) is 24.8 Å². The third kappa shape index (κ3) is 4.30. The summed E-state index contributed by atoms with van der Waals surface area (Å²) in [6.07, 6.45) is 3.47. The van der Waals surface area contributed by atoms with Gasteiger partial charge in [-0.1, -0.05) is 37.3 Å². The fourth-order valence-corrected chi connectivity index (χ4v) is 3.77. The van der Waals surface area contributed by atoms with Gasteiger partial charge in [0.2, 0.25) is 15.9 Å². The molecule has 1 amide bonds. The van der Waals surface area contributed by atoms with Crippen molar-refractivity contribution >= 4 is 15.9 Å². The summed E-state index contributed by atoms with van der Waals surface area (Å²) in [5.41, 5.74) is 1.08. The Morgan fingerprint density at radius 3 is 2.64 bits per heavy atom. The zero-order valence-corrected chi connectivity index (χ0v) is 14.0. The standard InChI is InChI=1S/C16H24N2O3S/c1-3-15(13-8-5-4-6-9-13)17-16(19)14-10-7-11-18(12-14)22(2,20)21/h4-6,8-9,14-15H,3,7,10-12H2,1-2H3,(H,17,19)/t14-,15-/m0/s1. The molecule has 2 rings (SSSR count). The molecule has 0 aliphatic carbocycles. The van der Waals surface area contributed by atoms with Crippen LogP contribution in [0.2, 0.25) is 0 Å². The summed E-state index contributed by atoms with van der Waals surface area (Å²) in [6.45, 7) is 2.83. The molecule has 22 heavy (non-hydrogen) atoms. The van der Waals surface area contributed by atoms with Gasteiger partial charge in [0, 0.05) is 13.1 Å². The van der Waals surface area contributed by atoms with Crippen LogP contribution in [0.5, 0.6) is 0 Å². The molecule has 0 aromatic heterocycles. The molecule has 1 aliphatic heterocycles. The Hall–Kier alpha value is -1.40. The molecular weight excluding hydrogens is 300 g/mol. The summed E-state index contributed by atoms with van der Waals surface area (Å²) < 4.78 is 24.7. The van der Waals surface area contributed by atoms with Gasteiger partial charge in [-0.05, 0) is 24.8 Å². The number of amides is 1. The highest BCUT2D eigenvalue weighted by Crippen LogP contribution is 2.21. The van der Waals surface area contributed by atoms with Crippen LogP contribution in [0.1, 0.15) is 37.8 Å². The van der Waals surface area contributed by atoms with Crippen LogP contribution >= 0.6 is 0 Å². The minimum atomic E-state index is -3.23. The van der Waals surface area contributed by atoms with Gasteiger partial charge in [-0.25, -0.2) is 12.7 Å². The minimum absolute atomic E-state index is 0.0256. The molecule has 0 bridgehead atoms. The van der Waals surface area contributed by atoms with Gasteiger partial charge in [0.25, 0.3) is 0 Å². The number of sulfonamides is 1. The Kier molecular flexibility index (Phi) is 5.58. The second-order valence-electron chi connectivity index (χ2n) is 5.84. The van der Waals surface area contributed by atoms with Crippen LogP contribution in [0.25, 0.3) is 0 Å². The summed E-state index contributed by atoms with van der Waals surface area (Å²) in [7, 11) is -3.23. The molecule has 1 heterocycles.